The molecule has 2 rings (SSSR count). The van der Waals surface area contributed by atoms with Gasteiger partial charge in [0.25, 0.3) is 5.69 Å². The van der Waals surface area contributed by atoms with Gasteiger partial charge in [-0.15, -0.1) is 0 Å². The van der Waals surface area contributed by atoms with Gasteiger partial charge in [0.1, 0.15) is 5.69 Å². The lowest BCUT2D eigenvalue weighted by atomic mass is 10.2. The lowest BCUT2D eigenvalue weighted by molar-refractivity contribution is -0.384. The molecule has 0 amide bonds. The molecule has 1 saturated heterocycles. The first-order valence-corrected chi connectivity index (χ1v) is 8.10. The van der Waals surface area contributed by atoms with Crippen molar-refractivity contribution in [3.8, 4) is 0 Å². The molecular formula is C12H17N3O6S. The summed E-state index contributed by atoms with van der Waals surface area (Å²) < 4.78 is 33.4. The van der Waals surface area contributed by atoms with E-state index in [-0.39, 0.29) is 28.5 Å². The highest BCUT2D eigenvalue weighted by molar-refractivity contribution is 7.89. The summed E-state index contributed by atoms with van der Waals surface area (Å²) in [5.41, 5.74) is -0.170. The van der Waals surface area contributed by atoms with Gasteiger partial charge < -0.3 is 14.8 Å². The quantitative estimate of drug-likeness (QED) is 0.591. The van der Waals surface area contributed by atoms with E-state index in [4.69, 9.17) is 14.6 Å². The molecule has 0 spiro atoms. The lowest BCUT2D eigenvalue weighted by Crippen LogP contribution is -2.38. The Balaban J connectivity index is 2.12. The molecule has 0 aromatic heterocycles. The number of anilines is 1. The largest absolute Gasteiger partial charge is 0.377 e. The zero-order valence-corrected chi connectivity index (χ0v) is 12.7. The summed E-state index contributed by atoms with van der Waals surface area (Å²) in [5, 5.41) is 18.9. The fourth-order valence-electron chi connectivity index (χ4n) is 1.97. The van der Waals surface area contributed by atoms with Gasteiger partial charge >= 0.3 is 0 Å². The summed E-state index contributed by atoms with van der Waals surface area (Å²) in [6.07, 6.45) is -0.201. The summed E-state index contributed by atoms with van der Waals surface area (Å²) in [7, 11) is -3.99. The van der Waals surface area contributed by atoms with E-state index in [1.54, 1.807) is 0 Å². The predicted molar refractivity (Wildman–Crippen MR) is 78.1 cm³/mol. The van der Waals surface area contributed by atoms with Crippen LogP contribution in [0, 0.1) is 10.1 Å². The van der Waals surface area contributed by atoms with Crippen LogP contribution in [0.1, 0.15) is 6.92 Å². The molecule has 10 heteroatoms. The normalized spacial score (nSPS) is 22.3. The van der Waals surface area contributed by atoms with E-state index in [2.05, 4.69) is 5.32 Å². The molecule has 1 aromatic rings. The lowest BCUT2D eigenvalue weighted by Gasteiger charge is -2.27. The zero-order valence-electron chi connectivity index (χ0n) is 11.9. The Hall–Kier alpha value is -1.75. The van der Waals surface area contributed by atoms with E-state index in [1.165, 1.54) is 12.1 Å². The molecule has 1 aromatic carbocycles. The molecule has 0 aliphatic carbocycles. The van der Waals surface area contributed by atoms with Crippen molar-refractivity contribution in [2.24, 2.45) is 5.14 Å². The van der Waals surface area contributed by atoms with Crippen LogP contribution in [0.25, 0.3) is 0 Å². The van der Waals surface area contributed by atoms with E-state index in [0.29, 0.717) is 19.8 Å². The Morgan fingerprint density at radius 2 is 2.14 bits per heavy atom. The molecule has 1 fully saturated rings. The van der Waals surface area contributed by atoms with Crippen LogP contribution < -0.4 is 10.5 Å². The molecule has 9 nitrogen and oxygen atoms in total. The minimum atomic E-state index is -3.99. The van der Waals surface area contributed by atoms with Crippen LogP contribution >= 0.6 is 0 Å². The summed E-state index contributed by atoms with van der Waals surface area (Å²) in [6, 6.07) is 3.45. The fraction of sp³-hybridized carbons (Fsp3) is 0.500. The molecule has 2 atom stereocenters. The van der Waals surface area contributed by atoms with Crippen molar-refractivity contribution in [2.45, 2.75) is 24.0 Å². The van der Waals surface area contributed by atoms with Gasteiger partial charge in [-0.05, 0) is 19.1 Å². The molecule has 0 radical (unpaired) electrons. The number of nitrogens with one attached hydrogen (secondary N) is 1. The van der Waals surface area contributed by atoms with Crippen LogP contribution in [0.3, 0.4) is 0 Å². The first-order chi connectivity index (χ1) is 10.3. The van der Waals surface area contributed by atoms with Crippen molar-refractivity contribution in [3.05, 3.63) is 28.3 Å². The topological polar surface area (TPSA) is 134 Å². The highest BCUT2D eigenvalue weighted by Gasteiger charge is 2.22. The van der Waals surface area contributed by atoms with Gasteiger partial charge in [0, 0.05) is 12.6 Å². The number of nitro benzene ring substituents is 1. The number of primary sulfonamides is 1. The predicted octanol–water partition coefficient (Wildman–Crippen LogP) is 0.458. The molecule has 3 N–H and O–H groups in total. The monoisotopic (exact) mass is 331 g/mol. The van der Waals surface area contributed by atoms with Crippen LogP contribution in [0.5, 0.6) is 0 Å². The highest BCUT2D eigenvalue weighted by atomic mass is 32.2. The highest BCUT2D eigenvalue weighted by Crippen LogP contribution is 2.27. The third kappa shape index (κ3) is 4.13. The Labute approximate surface area is 127 Å². The van der Waals surface area contributed by atoms with Gasteiger partial charge in [-0.3, -0.25) is 10.1 Å². The first-order valence-electron chi connectivity index (χ1n) is 6.55. The minimum absolute atomic E-state index is 0.0274. The minimum Gasteiger partial charge on any atom is -0.377 e. The smallest absolute Gasteiger partial charge is 0.293 e. The zero-order chi connectivity index (χ0) is 16.3. The first kappa shape index (κ1) is 16.6. The summed E-state index contributed by atoms with van der Waals surface area (Å²) >= 11 is 0. The van der Waals surface area contributed by atoms with Gasteiger partial charge in [0.2, 0.25) is 10.0 Å². The summed E-state index contributed by atoms with van der Waals surface area (Å²) in [4.78, 5) is 10.1. The molecule has 1 aliphatic heterocycles. The second kappa shape index (κ2) is 6.57. The van der Waals surface area contributed by atoms with Crippen molar-refractivity contribution in [3.63, 3.8) is 0 Å². The Morgan fingerprint density at radius 1 is 1.41 bits per heavy atom. The molecule has 1 aliphatic rings. The SMILES string of the molecule is C[C@@H]1CO[C@@H](CNc2ccc(S(N)(=O)=O)cc2[N+](=O)[O-])CO1. The average Bonchev–Trinajstić information content (AvgIpc) is 2.45. The Morgan fingerprint density at radius 3 is 2.68 bits per heavy atom. The van der Waals surface area contributed by atoms with E-state index >= 15 is 0 Å². The molecular weight excluding hydrogens is 314 g/mol. The summed E-state index contributed by atoms with van der Waals surface area (Å²) in [5.74, 6) is 0. The molecule has 122 valence electrons. The second-order valence-electron chi connectivity index (χ2n) is 4.96. The van der Waals surface area contributed by atoms with Crippen molar-refractivity contribution >= 4 is 21.4 Å². The van der Waals surface area contributed by atoms with E-state index in [1.807, 2.05) is 6.92 Å². The average molecular weight is 331 g/mol. The van der Waals surface area contributed by atoms with Crippen molar-refractivity contribution in [2.75, 3.05) is 25.1 Å². The maximum atomic E-state index is 11.3. The van der Waals surface area contributed by atoms with Gasteiger partial charge in [-0.25, -0.2) is 13.6 Å². The Kier molecular flexibility index (Phi) is 4.96. The van der Waals surface area contributed by atoms with Crippen LogP contribution in [-0.4, -0.2) is 45.3 Å². The van der Waals surface area contributed by atoms with Crippen LogP contribution in [0.15, 0.2) is 23.1 Å². The van der Waals surface area contributed by atoms with Crippen molar-refractivity contribution in [1.82, 2.24) is 0 Å². The molecule has 22 heavy (non-hydrogen) atoms. The number of rotatable bonds is 5. The van der Waals surface area contributed by atoms with Crippen molar-refractivity contribution in [1.29, 1.82) is 0 Å². The standard InChI is InChI=1S/C12H17N3O6S/c1-8-6-21-9(7-20-8)5-14-11-3-2-10(22(13,18)19)4-12(11)15(16)17/h2-4,8-9,14H,5-7H2,1H3,(H2,13,18,19)/t8-,9+/m1/s1. The maximum Gasteiger partial charge on any atom is 0.293 e. The number of benzene rings is 1. The number of sulfonamides is 1. The van der Waals surface area contributed by atoms with Crippen LogP contribution in [0.2, 0.25) is 0 Å². The number of hydrogen-bond donors (Lipinski definition) is 2. The number of nitrogens with two attached hydrogens (primary N) is 1. The molecule has 1 heterocycles. The van der Waals surface area contributed by atoms with E-state index in [0.717, 1.165) is 6.07 Å². The molecule has 0 unspecified atom stereocenters. The third-order valence-corrected chi connectivity index (χ3v) is 4.06. The summed E-state index contributed by atoms with van der Waals surface area (Å²) in [6.45, 7) is 3.04. The number of nitro groups is 1. The van der Waals surface area contributed by atoms with Gasteiger partial charge in [-0.1, -0.05) is 0 Å². The van der Waals surface area contributed by atoms with Crippen LogP contribution in [0.4, 0.5) is 11.4 Å². The number of nitrogens with zero attached hydrogens (tertiary/aromatic N) is 1. The number of hydrogen-bond acceptors (Lipinski definition) is 7. The van der Waals surface area contributed by atoms with Gasteiger partial charge in [-0.2, -0.15) is 0 Å². The van der Waals surface area contributed by atoms with Gasteiger partial charge in [0.05, 0.1) is 35.2 Å². The van der Waals surface area contributed by atoms with Gasteiger partial charge in [0.15, 0.2) is 0 Å². The third-order valence-electron chi connectivity index (χ3n) is 3.15. The maximum absolute atomic E-state index is 11.3. The second-order valence-corrected chi connectivity index (χ2v) is 6.52. The van der Waals surface area contributed by atoms with Crippen molar-refractivity contribution < 1.29 is 22.8 Å². The molecule has 0 bridgehead atoms. The van der Waals surface area contributed by atoms with E-state index < -0.39 is 14.9 Å². The molecule has 0 saturated carbocycles. The van der Waals surface area contributed by atoms with Crippen LogP contribution in [-0.2, 0) is 19.5 Å². The van der Waals surface area contributed by atoms with E-state index in [9.17, 15) is 18.5 Å². The number of ether oxygens (including phenoxy) is 2. The Bertz CT molecular complexity index is 655. The fourth-order valence-corrected chi connectivity index (χ4v) is 2.50.